The van der Waals surface area contributed by atoms with Gasteiger partial charge in [0.15, 0.2) is 0 Å². The van der Waals surface area contributed by atoms with Crippen molar-refractivity contribution in [1.29, 1.82) is 0 Å². The maximum absolute atomic E-state index is 12.8. The summed E-state index contributed by atoms with van der Waals surface area (Å²) in [4.78, 5) is 0. The molecule has 1 rings (SSSR count). The highest BCUT2D eigenvalue weighted by Gasteiger charge is 2.41. The van der Waals surface area contributed by atoms with Crippen LogP contribution >= 0.6 is 0 Å². The number of rotatable bonds is 2. The molecule has 1 N–H and O–H groups in total. The summed E-state index contributed by atoms with van der Waals surface area (Å²) < 4.78 is 25.6. The first kappa shape index (κ1) is 13.8. The van der Waals surface area contributed by atoms with E-state index in [1.165, 1.54) is 0 Å². The average molecular weight is 207 g/mol. The van der Waals surface area contributed by atoms with E-state index in [0.717, 1.165) is 6.42 Å². The van der Waals surface area contributed by atoms with Crippen LogP contribution in [0.25, 0.3) is 0 Å². The lowest BCUT2D eigenvalue weighted by Crippen LogP contribution is -2.47. The van der Waals surface area contributed by atoms with Crippen molar-refractivity contribution in [3.05, 3.63) is 0 Å². The molecular formula is C11H23F2N. The quantitative estimate of drug-likeness (QED) is 0.729. The van der Waals surface area contributed by atoms with Crippen molar-refractivity contribution in [2.45, 2.75) is 64.3 Å². The first-order chi connectivity index (χ1) is 6.54. The van der Waals surface area contributed by atoms with Crippen molar-refractivity contribution >= 4 is 0 Å². The van der Waals surface area contributed by atoms with Gasteiger partial charge in [-0.15, -0.1) is 0 Å². The summed E-state index contributed by atoms with van der Waals surface area (Å²) in [5.74, 6) is -2.41. The van der Waals surface area contributed by atoms with Gasteiger partial charge in [0.1, 0.15) is 0 Å². The van der Waals surface area contributed by atoms with E-state index >= 15 is 0 Å². The lowest BCUT2D eigenvalue weighted by molar-refractivity contribution is -0.0554. The Kier molecular flexibility index (Phi) is 5.57. The summed E-state index contributed by atoms with van der Waals surface area (Å²) in [5, 5.41) is 3.17. The monoisotopic (exact) mass is 207 g/mol. The molecule has 0 radical (unpaired) electrons. The number of alkyl halides is 2. The highest BCUT2D eigenvalue weighted by molar-refractivity contribution is 4.93. The Labute approximate surface area is 86.3 Å². The molecule has 1 aliphatic rings. The lowest BCUT2D eigenvalue weighted by atomic mass is 9.78. The third-order valence-corrected chi connectivity index (χ3v) is 3.15. The van der Waals surface area contributed by atoms with Gasteiger partial charge in [0.25, 0.3) is 0 Å². The maximum atomic E-state index is 12.8. The first-order valence-electron chi connectivity index (χ1n) is 5.60. The summed E-state index contributed by atoms with van der Waals surface area (Å²) in [6, 6.07) is 0. The van der Waals surface area contributed by atoms with Crippen molar-refractivity contribution < 1.29 is 8.78 Å². The second-order valence-electron chi connectivity index (χ2n) is 3.74. The molecule has 0 bridgehead atoms. The minimum Gasteiger partial charge on any atom is -0.314 e. The molecule has 1 aliphatic carbocycles. The fourth-order valence-corrected chi connectivity index (χ4v) is 1.87. The first-order valence-corrected chi connectivity index (χ1v) is 5.60. The molecule has 14 heavy (non-hydrogen) atoms. The molecule has 0 unspecified atom stereocenters. The number of nitrogens with one attached hydrogen (secondary N) is 1. The fraction of sp³-hybridized carbons (Fsp3) is 1.00. The van der Waals surface area contributed by atoms with Crippen molar-refractivity contribution in [2.75, 3.05) is 7.05 Å². The third-order valence-electron chi connectivity index (χ3n) is 3.15. The van der Waals surface area contributed by atoms with Crippen LogP contribution in [0, 0.1) is 0 Å². The van der Waals surface area contributed by atoms with E-state index in [1.54, 1.807) is 0 Å². The minimum absolute atomic E-state index is 0.0122. The van der Waals surface area contributed by atoms with Crippen LogP contribution in [-0.4, -0.2) is 18.5 Å². The maximum Gasteiger partial charge on any atom is 0.248 e. The summed E-state index contributed by atoms with van der Waals surface area (Å²) in [5.41, 5.74) is -0.0122. The number of hydrogen-bond donors (Lipinski definition) is 1. The van der Waals surface area contributed by atoms with Crippen LogP contribution in [0.5, 0.6) is 0 Å². The Bertz CT molecular complexity index is 141. The number of hydrogen-bond acceptors (Lipinski definition) is 1. The van der Waals surface area contributed by atoms with Crippen LogP contribution in [0.4, 0.5) is 8.78 Å². The standard InChI is InChI=1S/C9H17F2N.C2H6/c1-3-8(12-2)4-6-9(10,11)7-5-8;1-2/h12H,3-7H2,1-2H3;1-2H3. The lowest BCUT2D eigenvalue weighted by Gasteiger charge is -2.39. The van der Waals surface area contributed by atoms with E-state index in [4.69, 9.17) is 0 Å². The van der Waals surface area contributed by atoms with E-state index in [9.17, 15) is 8.78 Å². The molecule has 1 fully saturated rings. The van der Waals surface area contributed by atoms with Gasteiger partial charge in [-0.2, -0.15) is 0 Å². The number of halogens is 2. The van der Waals surface area contributed by atoms with E-state index in [-0.39, 0.29) is 18.4 Å². The van der Waals surface area contributed by atoms with E-state index in [1.807, 2.05) is 20.9 Å². The Morgan fingerprint density at radius 2 is 1.50 bits per heavy atom. The summed E-state index contributed by atoms with van der Waals surface area (Å²) in [7, 11) is 1.87. The molecule has 0 atom stereocenters. The topological polar surface area (TPSA) is 12.0 Å². The minimum atomic E-state index is -2.41. The Morgan fingerprint density at radius 1 is 1.07 bits per heavy atom. The van der Waals surface area contributed by atoms with Crippen molar-refractivity contribution in [2.24, 2.45) is 0 Å². The zero-order valence-corrected chi connectivity index (χ0v) is 9.79. The Hall–Kier alpha value is -0.180. The molecule has 0 spiro atoms. The normalized spacial score (nSPS) is 23.6. The zero-order chi connectivity index (χ0) is 11.2. The molecule has 86 valence electrons. The van der Waals surface area contributed by atoms with Crippen LogP contribution < -0.4 is 5.32 Å². The molecule has 3 heteroatoms. The third kappa shape index (κ3) is 3.52. The van der Waals surface area contributed by atoms with Crippen molar-refractivity contribution in [1.82, 2.24) is 5.32 Å². The second kappa shape index (κ2) is 5.64. The van der Waals surface area contributed by atoms with Crippen molar-refractivity contribution in [3.63, 3.8) is 0 Å². The van der Waals surface area contributed by atoms with Crippen molar-refractivity contribution in [3.8, 4) is 0 Å². The molecule has 0 aromatic rings. The smallest absolute Gasteiger partial charge is 0.248 e. The van der Waals surface area contributed by atoms with Crippen LogP contribution in [-0.2, 0) is 0 Å². The van der Waals surface area contributed by atoms with Gasteiger partial charge in [0, 0.05) is 18.4 Å². The Balaban J connectivity index is 0.000000791. The molecular weight excluding hydrogens is 184 g/mol. The molecule has 0 heterocycles. The predicted octanol–water partition coefficient (Wildman–Crippen LogP) is 3.59. The molecule has 1 nitrogen and oxygen atoms in total. The molecule has 0 aromatic carbocycles. The van der Waals surface area contributed by atoms with Gasteiger partial charge in [0.05, 0.1) is 0 Å². The summed E-state index contributed by atoms with van der Waals surface area (Å²) in [6.45, 7) is 6.06. The van der Waals surface area contributed by atoms with E-state index in [0.29, 0.717) is 12.8 Å². The zero-order valence-electron chi connectivity index (χ0n) is 9.79. The predicted molar refractivity (Wildman–Crippen MR) is 56.8 cm³/mol. The largest absolute Gasteiger partial charge is 0.314 e. The molecule has 0 amide bonds. The SMILES string of the molecule is CC.CCC1(NC)CCC(F)(F)CC1. The summed E-state index contributed by atoms with van der Waals surface area (Å²) >= 11 is 0. The fourth-order valence-electron chi connectivity index (χ4n) is 1.87. The van der Waals surface area contributed by atoms with Gasteiger partial charge in [-0.05, 0) is 26.3 Å². The molecule has 0 aromatic heterocycles. The molecule has 0 saturated heterocycles. The Morgan fingerprint density at radius 3 is 1.79 bits per heavy atom. The molecule has 0 aliphatic heterocycles. The highest BCUT2D eigenvalue weighted by Crippen LogP contribution is 2.39. The average Bonchev–Trinajstić information content (AvgIpc) is 2.22. The van der Waals surface area contributed by atoms with Crippen LogP contribution in [0.3, 0.4) is 0 Å². The van der Waals surface area contributed by atoms with Gasteiger partial charge in [-0.1, -0.05) is 20.8 Å². The van der Waals surface area contributed by atoms with Gasteiger partial charge in [-0.3, -0.25) is 0 Å². The van der Waals surface area contributed by atoms with E-state index < -0.39 is 5.92 Å². The van der Waals surface area contributed by atoms with Crippen LogP contribution in [0.1, 0.15) is 52.9 Å². The van der Waals surface area contributed by atoms with E-state index in [2.05, 4.69) is 12.2 Å². The highest BCUT2D eigenvalue weighted by atomic mass is 19.3. The second-order valence-corrected chi connectivity index (χ2v) is 3.74. The van der Waals surface area contributed by atoms with Gasteiger partial charge in [0.2, 0.25) is 5.92 Å². The van der Waals surface area contributed by atoms with Crippen LogP contribution in [0.15, 0.2) is 0 Å². The molecule has 1 saturated carbocycles. The van der Waals surface area contributed by atoms with Gasteiger partial charge in [-0.25, -0.2) is 8.78 Å². The summed E-state index contributed by atoms with van der Waals surface area (Å²) in [6.07, 6.45) is 2.24. The van der Waals surface area contributed by atoms with Gasteiger partial charge < -0.3 is 5.32 Å². The van der Waals surface area contributed by atoms with Gasteiger partial charge >= 0.3 is 0 Å². The van der Waals surface area contributed by atoms with Crippen LogP contribution in [0.2, 0.25) is 0 Å².